The van der Waals surface area contributed by atoms with Gasteiger partial charge >= 0.3 is 0 Å². The van der Waals surface area contributed by atoms with Crippen LogP contribution in [-0.2, 0) is 22.7 Å². The first-order chi connectivity index (χ1) is 14.1. The van der Waals surface area contributed by atoms with E-state index in [0.717, 1.165) is 16.7 Å². The number of nitrogens with one attached hydrogen (secondary N) is 1. The average molecular weight is 398 g/mol. The molecular weight excluding hydrogens is 375 g/mol. The van der Waals surface area contributed by atoms with Crippen molar-refractivity contribution in [2.24, 2.45) is 0 Å². The summed E-state index contributed by atoms with van der Waals surface area (Å²) in [7, 11) is 0. The average Bonchev–Trinajstić information content (AvgIpc) is 3.25. The maximum absolute atomic E-state index is 13.7. The van der Waals surface area contributed by atoms with Crippen LogP contribution in [0.3, 0.4) is 0 Å². The van der Waals surface area contributed by atoms with Crippen molar-refractivity contribution in [3.63, 3.8) is 0 Å². The molecule has 0 fully saturated rings. The van der Waals surface area contributed by atoms with Crippen LogP contribution in [0.1, 0.15) is 28.7 Å². The number of hydrogen-bond acceptors (Lipinski definition) is 5. The number of ether oxygens (including phenoxy) is 1. The van der Waals surface area contributed by atoms with Crippen molar-refractivity contribution in [2.45, 2.75) is 19.6 Å². The summed E-state index contributed by atoms with van der Waals surface area (Å²) in [5.41, 5.74) is 4.31. The number of benzene rings is 2. The van der Waals surface area contributed by atoms with Crippen molar-refractivity contribution in [3.05, 3.63) is 64.5 Å². The Morgan fingerprint density at radius 2 is 1.93 bits per heavy atom. The molecule has 2 aliphatic rings. The molecule has 4 rings (SSSR count). The third kappa shape index (κ3) is 3.89. The molecule has 152 valence electrons. The first-order valence-electron chi connectivity index (χ1n) is 9.65. The highest BCUT2D eigenvalue weighted by molar-refractivity contribution is 6.36. The van der Waals surface area contributed by atoms with Crippen LogP contribution >= 0.6 is 0 Å². The number of carbonyl (C=O) groups excluding carboxylic acids is 1. The molecule has 0 radical (unpaired) electrons. The highest BCUT2D eigenvalue weighted by Crippen LogP contribution is 2.41. The van der Waals surface area contributed by atoms with Crippen LogP contribution in [0.5, 0.6) is 0 Å². The van der Waals surface area contributed by atoms with Crippen LogP contribution in [0.2, 0.25) is 0 Å². The van der Waals surface area contributed by atoms with Crippen LogP contribution in [0.25, 0.3) is 11.3 Å². The third-order valence-electron chi connectivity index (χ3n) is 5.19. The molecule has 0 saturated heterocycles. The molecule has 6 nitrogen and oxygen atoms in total. The first-order valence-corrected chi connectivity index (χ1v) is 9.65. The second kappa shape index (κ2) is 8.32. The number of anilines is 1. The summed E-state index contributed by atoms with van der Waals surface area (Å²) in [4.78, 5) is 14.6. The number of rotatable bonds is 7. The molecule has 2 heterocycles. The van der Waals surface area contributed by atoms with Gasteiger partial charge in [-0.3, -0.25) is 9.69 Å². The highest BCUT2D eigenvalue weighted by atomic mass is 19.1. The zero-order chi connectivity index (χ0) is 20.4. The van der Waals surface area contributed by atoms with E-state index in [0.29, 0.717) is 55.2 Å². The SMILES string of the molecule is O=C1Nc2ccc(F)cc2/C1=C1\OCc2cc(CN(CCO)CCCO)ccc21. The maximum atomic E-state index is 13.7. The van der Waals surface area contributed by atoms with Crippen LogP contribution in [0, 0.1) is 5.82 Å². The van der Waals surface area contributed by atoms with Gasteiger partial charge in [0.05, 0.1) is 12.2 Å². The largest absolute Gasteiger partial charge is 0.487 e. The van der Waals surface area contributed by atoms with Crippen LogP contribution < -0.4 is 5.32 Å². The first kappa shape index (κ1) is 19.6. The van der Waals surface area contributed by atoms with Gasteiger partial charge in [-0.25, -0.2) is 4.39 Å². The topological polar surface area (TPSA) is 82.0 Å². The number of hydrogen-bond donors (Lipinski definition) is 3. The zero-order valence-electron chi connectivity index (χ0n) is 15.9. The molecule has 0 aliphatic carbocycles. The summed E-state index contributed by atoms with van der Waals surface area (Å²) < 4.78 is 19.6. The smallest absolute Gasteiger partial charge is 0.260 e. The van der Waals surface area contributed by atoms with Gasteiger partial charge in [0.2, 0.25) is 0 Å². The quantitative estimate of drug-likeness (QED) is 0.624. The summed E-state index contributed by atoms with van der Waals surface area (Å²) in [6.45, 7) is 2.39. The van der Waals surface area contributed by atoms with E-state index in [1.165, 1.54) is 12.1 Å². The Morgan fingerprint density at radius 3 is 2.72 bits per heavy atom. The van der Waals surface area contributed by atoms with Gasteiger partial charge in [0.1, 0.15) is 18.2 Å². The molecule has 29 heavy (non-hydrogen) atoms. The molecular formula is C22H23FN2O4. The van der Waals surface area contributed by atoms with Gasteiger partial charge in [0, 0.05) is 48.6 Å². The predicted octanol–water partition coefficient (Wildman–Crippen LogP) is 2.35. The number of carbonyl (C=O) groups is 1. The van der Waals surface area contributed by atoms with Crippen LogP contribution in [-0.4, -0.2) is 47.3 Å². The van der Waals surface area contributed by atoms with Crippen molar-refractivity contribution in [1.29, 1.82) is 0 Å². The molecule has 0 unspecified atom stereocenters. The Balaban J connectivity index is 1.63. The van der Waals surface area contributed by atoms with Crippen molar-refractivity contribution < 1.29 is 24.1 Å². The summed E-state index contributed by atoms with van der Waals surface area (Å²) in [5.74, 6) is -0.227. The normalized spacial score (nSPS) is 17.3. The molecule has 0 atom stereocenters. The Kier molecular flexibility index (Phi) is 5.62. The van der Waals surface area contributed by atoms with Crippen molar-refractivity contribution >= 4 is 22.9 Å². The lowest BCUT2D eigenvalue weighted by Crippen LogP contribution is -2.28. The number of amides is 1. The van der Waals surface area contributed by atoms with E-state index in [1.54, 1.807) is 6.07 Å². The lowest BCUT2D eigenvalue weighted by atomic mass is 9.99. The molecule has 0 bridgehead atoms. The van der Waals surface area contributed by atoms with E-state index in [9.17, 15) is 14.3 Å². The Hall–Kier alpha value is -2.74. The van der Waals surface area contributed by atoms with Gasteiger partial charge in [-0.2, -0.15) is 0 Å². The fraction of sp³-hybridized carbons (Fsp3) is 0.318. The predicted molar refractivity (Wildman–Crippen MR) is 107 cm³/mol. The van der Waals surface area contributed by atoms with E-state index < -0.39 is 5.82 Å². The lowest BCUT2D eigenvalue weighted by Gasteiger charge is -2.21. The Bertz CT molecular complexity index is 973. The Labute approximate surface area is 168 Å². The summed E-state index contributed by atoms with van der Waals surface area (Å²) in [5, 5.41) is 21.1. The zero-order valence-corrected chi connectivity index (χ0v) is 15.9. The Morgan fingerprint density at radius 1 is 1.07 bits per heavy atom. The minimum atomic E-state index is -0.404. The van der Waals surface area contributed by atoms with Gasteiger partial charge < -0.3 is 20.3 Å². The number of fused-ring (bicyclic) bond motifs is 2. The molecule has 2 aromatic carbocycles. The van der Waals surface area contributed by atoms with Crippen molar-refractivity contribution in [2.75, 3.05) is 31.6 Å². The fourth-order valence-electron chi connectivity index (χ4n) is 3.85. The number of aliphatic hydroxyl groups is 2. The molecule has 0 aromatic heterocycles. The van der Waals surface area contributed by atoms with Crippen LogP contribution in [0.15, 0.2) is 36.4 Å². The molecule has 3 N–H and O–H groups in total. The molecule has 2 aromatic rings. The minimum absolute atomic E-state index is 0.0564. The fourth-order valence-corrected chi connectivity index (χ4v) is 3.85. The molecule has 7 heteroatoms. The van der Waals surface area contributed by atoms with Crippen LogP contribution in [0.4, 0.5) is 10.1 Å². The van der Waals surface area contributed by atoms with Gasteiger partial charge in [-0.15, -0.1) is 0 Å². The minimum Gasteiger partial charge on any atom is -0.487 e. The molecule has 1 amide bonds. The van der Waals surface area contributed by atoms with E-state index in [4.69, 9.17) is 9.84 Å². The second-order valence-electron chi connectivity index (χ2n) is 7.21. The van der Waals surface area contributed by atoms with Crippen molar-refractivity contribution in [3.8, 4) is 0 Å². The number of aliphatic hydroxyl groups excluding tert-OH is 2. The summed E-state index contributed by atoms with van der Waals surface area (Å²) in [6, 6.07) is 10.1. The van der Waals surface area contributed by atoms with Gasteiger partial charge in [-0.1, -0.05) is 18.2 Å². The molecule has 2 aliphatic heterocycles. The highest BCUT2D eigenvalue weighted by Gasteiger charge is 2.32. The third-order valence-corrected chi connectivity index (χ3v) is 5.19. The van der Waals surface area contributed by atoms with E-state index in [-0.39, 0.29) is 19.1 Å². The van der Waals surface area contributed by atoms with E-state index >= 15 is 0 Å². The molecule has 0 spiro atoms. The standard InChI is InChI=1S/C22H23FN2O4/c23-16-3-5-19-18(11-16)20(22(28)24-19)21-17-4-2-14(10-15(17)13-29-21)12-25(7-9-27)6-1-8-26/h2-5,10-11,26-27H,1,6-9,12-13H2,(H,24,28)/b21-20+. The van der Waals surface area contributed by atoms with E-state index in [2.05, 4.69) is 10.2 Å². The maximum Gasteiger partial charge on any atom is 0.260 e. The number of nitrogens with zero attached hydrogens (tertiary/aromatic N) is 1. The van der Waals surface area contributed by atoms with Crippen molar-refractivity contribution in [1.82, 2.24) is 4.90 Å². The summed E-state index contributed by atoms with van der Waals surface area (Å²) >= 11 is 0. The lowest BCUT2D eigenvalue weighted by molar-refractivity contribution is -0.110. The molecule has 0 saturated carbocycles. The van der Waals surface area contributed by atoms with Gasteiger partial charge in [0.15, 0.2) is 0 Å². The second-order valence-corrected chi connectivity index (χ2v) is 7.21. The van der Waals surface area contributed by atoms with Gasteiger partial charge in [0.25, 0.3) is 5.91 Å². The monoisotopic (exact) mass is 398 g/mol. The summed E-state index contributed by atoms with van der Waals surface area (Å²) in [6.07, 6.45) is 0.648. The van der Waals surface area contributed by atoms with Gasteiger partial charge in [-0.05, 0) is 30.2 Å². The van der Waals surface area contributed by atoms with E-state index in [1.807, 2.05) is 18.2 Å². The number of halogens is 1.